The summed E-state index contributed by atoms with van der Waals surface area (Å²) < 4.78 is 9.29. The van der Waals surface area contributed by atoms with E-state index in [4.69, 9.17) is 4.42 Å². The van der Waals surface area contributed by atoms with Crippen LogP contribution in [0, 0.1) is 13.8 Å². The Balaban J connectivity index is 2.14. The van der Waals surface area contributed by atoms with Crippen molar-refractivity contribution in [2.75, 3.05) is 5.32 Å². The van der Waals surface area contributed by atoms with Gasteiger partial charge < -0.3 is 9.73 Å². The van der Waals surface area contributed by atoms with Crippen LogP contribution in [0.3, 0.4) is 0 Å². The Bertz CT molecular complexity index is 435. The minimum absolute atomic E-state index is 0.213. The number of nitrogens with zero attached hydrogens (tertiary/aromatic N) is 2. The van der Waals surface area contributed by atoms with Gasteiger partial charge in [-0.05, 0) is 26.8 Å². The quantitative estimate of drug-likeness (QED) is 0.869. The normalized spacial score (nSPS) is 12.7. The summed E-state index contributed by atoms with van der Waals surface area (Å²) in [6, 6.07) is 2.27. The molecule has 0 amide bonds. The van der Waals surface area contributed by atoms with Crippen molar-refractivity contribution in [2.45, 2.75) is 26.8 Å². The van der Waals surface area contributed by atoms with Crippen molar-refractivity contribution in [3.8, 4) is 0 Å². The molecule has 80 valence electrons. The molecule has 0 aliphatic rings. The van der Waals surface area contributed by atoms with Crippen LogP contribution < -0.4 is 5.32 Å². The number of hydrogen-bond acceptors (Lipinski definition) is 5. The summed E-state index contributed by atoms with van der Waals surface area (Å²) in [6.07, 6.45) is 1.73. The first-order chi connectivity index (χ1) is 7.16. The van der Waals surface area contributed by atoms with Gasteiger partial charge in [0, 0.05) is 17.1 Å². The second-order valence-corrected chi connectivity index (χ2v) is 4.30. The monoisotopic (exact) mass is 223 g/mol. The molecule has 5 heteroatoms. The summed E-state index contributed by atoms with van der Waals surface area (Å²) >= 11 is 1.36. The van der Waals surface area contributed by atoms with E-state index in [0.717, 1.165) is 16.5 Å². The number of furan rings is 1. The smallest absolute Gasteiger partial charge is 0.130 e. The minimum atomic E-state index is 0.213. The average molecular weight is 223 g/mol. The first-order valence-electron chi connectivity index (χ1n) is 4.77. The van der Waals surface area contributed by atoms with E-state index >= 15 is 0 Å². The molecule has 0 saturated carbocycles. The summed E-state index contributed by atoms with van der Waals surface area (Å²) in [4.78, 5) is 0. The van der Waals surface area contributed by atoms with Gasteiger partial charge in [0.05, 0.1) is 12.2 Å². The van der Waals surface area contributed by atoms with Gasteiger partial charge >= 0.3 is 0 Å². The van der Waals surface area contributed by atoms with Crippen molar-refractivity contribution < 1.29 is 4.42 Å². The summed E-state index contributed by atoms with van der Waals surface area (Å²) in [5.41, 5.74) is 1.18. The van der Waals surface area contributed by atoms with Crippen LogP contribution in [-0.2, 0) is 0 Å². The minimum Gasteiger partial charge on any atom is -0.466 e. The fourth-order valence-corrected chi connectivity index (χ4v) is 2.11. The lowest BCUT2D eigenvalue weighted by atomic mass is 10.1. The van der Waals surface area contributed by atoms with Crippen LogP contribution in [0.5, 0.6) is 0 Å². The Hall–Kier alpha value is -1.36. The second-order valence-electron chi connectivity index (χ2n) is 3.52. The van der Waals surface area contributed by atoms with Crippen LogP contribution >= 0.6 is 11.5 Å². The van der Waals surface area contributed by atoms with Gasteiger partial charge in [0.25, 0.3) is 0 Å². The first-order valence-corrected chi connectivity index (χ1v) is 5.55. The van der Waals surface area contributed by atoms with Crippen molar-refractivity contribution in [1.29, 1.82) is 0 Å². The zero-order chi connectivity index (χ0) is 10.8. The topological polar surface area (TPSA) is 51.0 Å². The molecular formula is C10H13N3OS. The van der Waals surface area contributed by atoms with E-state index in [0.29, 0.717) is 0 Å². The van der Waals surface area contributed by atoms with E-state index in [9.17, 15) is 0 Å². The molecule has 2 aromatic rings. The summed E-state index contributed by atoms with van der Waals surface area (Å²) in [5.74, 6) is 1.91. The number of anilines is 1. The van der Waals surface area contributed by atoms with Gasteiger partial charge in [0.1, 0.15) is 16.5 Å². The van der Waals surface area contributed by atoms with Gasteiger partial charge in [0.15, 0.2) is 0 Å². The van der Waals surface area contributed by atoms with Crippen molar-refractivity contribution in [2.24, 2.45) is 0 Å². The van der Waals surface area contributed by atoms with Crippen molar-refractivity contribution >= 4 is 16.5 Å². The van der Waals surface area contributed by atoms with Crippen LogP contribution in [0.15, 0.2) is 16.7 Å². The number of hydrogen-bond donors (Lipinski definition) is 1. The highest BCUT2D eigenvalue weighted by atomic mass is 32.1. The maximum Gasteiger partial charge on any atom is 0.130 e. The van der Waals surface area contributed by atoms with Gasteiger partial charge in [-0.1, -0.05) is 4.49 Å². The molecule has 0 aliphatic heterocycles. The highest BCUT2D eigenvalue weighted by Crippen LogP contribution is 2.25. The van der Waals surface area contributed by atoms with Gasteiger partial charge in [-0.25, -0.2) is 0 Å². The molecule has 2 rings (SSSR count). The summed E-state index contributed by atoms with van der Waals surface area (Å²) in [6.45, 7) is 6.03. The molecule has 2 aromatic heterocycles. The standard InChI is InChI=1S/C10H13N3OS/c1-6-4-9(8(3)14-6)7(2)12-10-5-11-13-15-10/h4-5,7,12H,1-3H3. The lowest BCUT2D eigenvalue weighted by Crippen LogP contribution is -2.05. The SMILES string of the molecule is Cc1cc(C(C)Nc2cnns2)c(C)o1. The lowest BCUT2D eigenvalue weighted by molar-refractivity contribution is 0.500. The Labute approximate surface area is 92.5 Å². The van der Waals surface area contributed by atoms with Crippen LogP contribution in [0.2, 0.25) is 0 Å². The van der Waals surface area contributed by atoms with Crippen molar-refractivity contribution in [3.63, 3.8) is 0 Å². The molecular weight excluding hydrogens is 210 g/mol. The molecule has 1 atom stereocenters. The third kappa shape index (κ3) is 2.18. The molecule has 4 nitrogen and oxygen atoms in total. The highest BCUT2D eigenvalue weighted by molar-refractivity contribution is 7.09. The molecule has 15 heavy (non-hydrogen) atoms. The van der Waals surface area contributed by atoms with E-state index in [1.165, 1.54) is 17.1 Å². The second kappa shape index (κ2) is 4.02. The van der Waals surface area contributed by atoms with E-state index < -0.39 is 0 Å². The van der Waals surface area contributed by atoms with E-state index in [1.807, 2.05) is 13.8 Å². The molecule has 0 aliphatic carbocycles. The number of aryl methyl sites for hydroxylation is 2. The van der Waals surface area contributed by atoms with Gasteiger partial charge in [-0.3, -0.25) is 0 Å². The predicted octanol–water partition coefficient (Wildman–Crippen LogP) is 2.92. The number of rotatable bonds is 3. The molecule has 1 N–H and O–H groups in total. The Morgan fingerprint density at radius 2 is 2.27 bits per heavy atom. The molecule has 2 heterocycles. The zero-order valence-electron chi connectivity index (χ0n) is 8.94. The van der Waals surface area contributed by atoms with Gasteiger partial charge in [0.2, 0.25) is 0 Å². The van der Waals surface area contributed by atoms with Crippen LogP contribution in [-0.4, -0.2) is 9.59 Å². The molecule has 1 unspecified atom stereocenters. The predicted molar refractivity (Wildman–Crippen MR) is 60.1 cm³/mol. The van der Waals surface area contributed by atoms with E-state index in [-0.39, 0.29) is 6.04 Å². The van der Waals surface area contributed by atoms with E-state index in [2.05, 4.69) is 27.9 Å². The highest BCUT2D eigenvalue weighted by Gasteiger charge is 2.12. The number of nitrogens with one attached hydrogen (secondary N) is 1. The molecule has 0 bridgehead atoms. The average Bonchev–Trinajstić information content (AvgIpc) is 2.75. The van der Waals surface area contributed by atoms with Crippen LogP contribution in [0.25, 0.3) is 0 Å². The van der Waals surface area contributed by atoms with Crippen molar-refractivity contribution in [1.82, 2.24) is 9.59 Å². The Morgan fingerprint density at radius 1 is 1.47 bits per heavy atom. The van der Waals surface area contributed by atoms with Gasteiger partial charge in [-0.15, -0.1) is 5.10 Å². The third-order valence-corrected chi connectivity index (χ3v) is 2.86. The Morgan fingerprint density at radius 3 is 2.80 bits per heavy atom. The summed E-state index contributed by atoms with van der Waals surface area (Å²) in [7, 11) is 0. The van der Waals surface area contributed by atoms with Crippen molar-refractivity contribution in [3.05, 3.63) is 29.3 Å². The third-order valence-electron chi connectivity index (χ3n) is 2.27. The fourth-order valence-electron chi connectivity index (χ4n) is 1.60. The molecule has 0 radical (unpaired) electrons. The van der Waals surface area contributed by atoms with E-state index in [1.54, 1.807) is 6.20 Å². The molecule has 0 saturated heterocycles. The maximum atomic E-state index is 5.49. The molecule has 0 spiro atoms. The molecule has 0 aromatic carbocycles. The maximum absolute atomic E-state index is 5.49. The molecule has 0 fully saturated rings. The number of aromatic nitrogens is 2. The lowest BCUT2D eigenvalue weighted by Gasteiger charge is -2.11. The van der Waals surface area contributed by atoms with Crippen LogP contribution in [0.4, 0.5) is 5.00 Å². The first kappa shape index (κ1) is 10.2. The summed E-state index contributed by atoms with van der Waals surface area (Å²) in [5, 5.41) is 8.08. The largest absolute Gasteiger partial charge is 0.466 e. The van der Waals surface area contributed by atoms with Crippen LogP contribution in [0.1, 0.15) is 30.0 Å². The Kier molecular flexibility index (Phi) is 2.73. The fraction of sp³-hybridized carbons (Fsp3) is 0.400. The van der Waals surface area contributed by atoms with Gasteiger partial charge in [-0.2, -0.15) is 0 Å². The zero-order valence-corrected chi connectivity index (χ0v) is 9.76.